The molecule has 80 valence electrons. The van der Waals surface area contributed by atoms with Crippen LogP contribution in [0.2, 0.25) is 0 Å². The lowest BCUT2D eigenvalue weighted by molar-refractivity contribution is -0.121. The van der Waals surface area contributed by atoms with Gasteiger partial charge in [-0.25, -0.2) is 0 Å². The molecule has 0 aromatic carbocycles. The van der Waals surface area contributed by atoms with Crippen LogP contribution in [0.1, 0.15) is 51.4 Å². The van der Waals surface area contributed by atoms with Gasteiger partial charge in [0, 0.05) is 13.0 Å². The Morgan fingerprint density at radius 1 is 0.929 bits per heavy atom. The first-order valence-electron chi connectivity index (χ1n) is 5.81. The summed E-state index contributed by atoms with van der Waals surface area (Å²) in [5.41, 5.74) is 0. The van der Waals surface area contributed by atoms with E-state index < -0.39 is 0 Å². The van der Waals surface area contributed by atoms with E-state index in [1.807, 2.05) is 0 Å². The van der Waals surface area contributed by atoms with Gasteiger partial charge in [0.1, 0.15) is 0 Å². The molecule has 0 saturated heterocycles. The van der Waals surface area contributed by atoms with Crippen LogP contribution >= 0.6 is 0 Å². The lowest BCUT2D eigenvalue weighted by Gasteiger charge is -2.03. The molecule has 1 N–H and O–H groups in total. The summed E-state index contributed by atoms with van der Waals surface area (Å²) in [6.45, 7) is 0.864. The van der Waals surface area contributed by atoms with Crippen molar-refractivity contribution in [1.29, 1.82) is 0 Å². The van der Waals surface area contributed by atoms with E-state index in [-0.39, 0.29) is 5.91 Å². The Morgan fingerprint density at radius 3 is 2.43 bits per heavy atom. The number of carbonyl (C=O) groups excluding carboxylic acids is 1. The van der Waals surface area contributed by atoms with E-state index in [9.17, 15) is 4.79 Å². The van der Waals surface area contributed by atoms with Crippen molar-refractivity contribution < 1.29 is 4.79 Å². The molecule has 0 fully saturated rings. The first-order chi connectivity index (χ1) is 6.89. The molecule has 2 heteroatoms. The average molecular weight is 195 g/mol. The highest BCUT2D eigenvalue weighted by atomic mass is 16.1. The summed E-state index contributed by atoms with van der Waals surface area (Å²) < 4.78 is 0. The zero-order valence-corrected chi connectivity index (χ0v) is 8.93. The van der Waals surface area contributed by atoms with Crippen LogP contribution in [0.15, 0.2) is 12.2 Å². The minimum absolute atomic E-state index is 0.230. The molecule has 0 aliphatic carbocycles. The zero-order valence-electron chi connectivity index (χ0n) is 8.93. The molecule has 0 radical (unpaired) electrons. The monoisotopic (exact) mass is 195 g/mol. The molecule has 1 aliphatic heterocycles. The fourth-order valence-electron chi connectivity index (χ4n) is 1.66. The normalized spacial score (nSPS) is 23.9. The molecule has 1 heterocycles. The highest BCUT2D eigenvalue weighted by Gasteiger charge is 1.99. The van der Waals surface area contributed by atoms with Gasteiger partial charge in [0.25, 0.3) is 0 Å². The summed E-state index contributed by atoms with van der Waals surface area (Å²) >= 11 is 0. The quantitative estimate of drug-likeness (QED) is 0.592. The van der Waals surface area contributed by atoms with Gasteiger partial charge in [-0.2, -0.15) is 0 Å². The topological polar surface area (TPSA) is 29.1 Å². The number of rotatable bonds is 0. The predicted molar refractivity (Wildman–Crippen MR) is 59.1 cm³/mol. The van der Waals surface area contributed by atoms with Crippen LogP contribution in [0.4, 0.5) is 0 Å². The zero-order chi connectivity index (χ0) is 10.1. The Balaban J connectivity index is 2.22. The third-order valence-electron chi connectivity index (χ3n) is 2.56. The summed E-state index contributed by atoms with van der Waals surface area (Å²) in [6.07, 6.45) is 13.4. The van der Waals surface area contributed by atoms with E-state index in [4.69, 9.17) is 0 Å². The maximum absolute atomic E-state index is 11.3. The maximum atomic E-state index is 11.3. The Labute approximate surface area is 86.8 Å². The van der Waals surface area contributed by atoms with E-state index in [2.05, 4.69) is 17.5 Å². The molecule has 1 aliphatic rings. The molecule has 0 spiro atoms. The van der Waals surface area contributed by atoms with Gasteiger partial charge in [0.15, 0.2) is 0 Å². The largest absolute Gasteiger partial charge is 0.356 e. The second-order valence-electron chi connectivity index (χ2n) is 3.92. The Morgan fingerprint density at radius 2 is 1.64 bits per heavy atom. The summed E-state index contributed by atoms with van der Waals surface area (Å²) in [4.78, 5) is 11.3. The number of hydrogen-bond donors (Lipinski definition) is 1. The molecule has 0 atom stereocenters. The van der Waals surface area contributed by atoms with Crippen molar-refractivity contribution in [2.24, 2.45) is 0 Å². The number of amides is 1. The Bertz CT molecular complexity index is 187. The fraction of sp³-hybridized carbons (Fsp3) is 0.750. The van der Waals surface area contributed by atoms with Crippen LogP contribution in [0.5, 0.6) is 0 Å². The van der Waals surface area contributed by atoms with Crippen LogP contribution in [0.25, 0.3) is 0 Å². The Hall–Kier alpha value is -0.790. The van der Waals surface area contributed by atoms with Crippen molar-refractivity contribution in [2.45, 2.75) is 51.4 Å². The molecule has 14 heavy (non-hydrogen) atoms. The van der Waals surface area contributed by atoms with Gasteiger partial charge in [0.2, 0.25) is 5.91 Å². The van der Waals surface area contributed by atoms with Crippen molar-refractivity contribution in [3.8, 4) is 0 Å². The van der Waals surface area contributed by atoms with Crippen molar-refractivity contribution in [2.75, 3.05) is 6.54 Å². The predicted octanol–water partition coefficient (Wildman–Crippen LogP) is 2.79. The van der Waals surface area contributed by atoms with Gasteiger partial charge in [-0.05, 0) is 38.5 Å². The second kappa shape index (κ2) is 7.60. The number of nitrogens with one attached hydrogen (secondary N) is 1. The number of allylic oxidation sites excluding steroid dienone is 2. The van der Waals surface area contributed by atoms with Gasteiger partial charge < -0.3 is 5.32 Å². The minimum Gasteiger partial charge on any atom is -0.356 e. The summed E-state index contributed by atoms with van der Waals surface area (Å²) in [5.74, 6) is 0.230. The average Bonchev–Trinajstić information content (AvgIpc) is 2.20. The lowest BCUT2D eigenvalue weighted by atomic mass is 10.1. The third kappa shape index (κ3) is 5.79. The van der Waals surface area contributed by atoms with Gasteiger partial charge >= 0.3 is 0 Å². The van der Waals surface area contributed by atoms with Gasteiger partial charge in [0.05, 0.1) is 0 Å². The van der Waals surface area contributed by atoms with Gasteiger partial charge in [-0.3, -0.25) is 4.79 Å². The molecule has 0 bridgehead atoms. The van der Waals surface area contributed by atoms with Crippen LogP contribution in [0, 0.1) is 0 Å². The van der Waals surface area contributed by atoms with Crippen LogP contribution < -0.4 is 5.32 Å². The lowest BCUT2D eigenvalue weighted by Crippen LogP contribution is -2.23. The first kappa shape index (κ1) is 11.3. The maximum Gasteiger partial charge on any atom is 0.219 e. The molecule has 0 aromatic rings. The van der Waals surface area contributed by atoms with Crippen LogP contribution in [0.3, 0.4) is 0 Å². The standard InChI is InChI=1S/C12H21NO/c14-12-10-8-6-4-2-1-3-5-7-9-11-13-12/h1-2H,3-11H2,(H,13,14)/b2-1-. The van der Waals surface area contributed by atoms with E-state index >= 15 is 0 Å². The molecule has 2 nitrogen and oxygen atoms in total. The summed E-state index contributed by atoms with van der Waals surface area (Å²) in [5, 5.41) is 2.96. The van der Waals surface area contributed by atoms with Crippen LogP contribution in [-0.4, -0.2) is 12.5 Å². The molecule has 0 saturated carbocycles. The minimum atomic E-state index is 0.230. The Kier molecular flexibility index (Phi) is 6.13. The molecular weight excluding hydrogens is 174 g/mol. The van der Waals surface area contributed by atoms with E-state index in [0.717, 1.165) is 32.2 Å². The first-order valence-corrected chi connectivity index (χ1v) is 5.81. The fourth-order valence-corrected chi connectivity index (χ4v) is 1.66. The highest BCUT2D eigenvalue weighted by molar-refractivity contribution is 5.75. The van der Waals surface area contributed by atoms with E-state index in [0.29, 0.717) is 6.42 Å². The summed E-state index contributed by atoms with van der Waals surface area (Å²) in [6, 6.07) is 0. The van der Waals surface area contributed by atoms with E-state index in [1.54, 1.807) is 0 Å². The van der Waals surface area contributed by atoms with E-state index in [1.165, 1.54) is 19.3 Å². The second-order valence-corrected chi connectivity index (χ2v) is 3.92. The number of hydrogen-bond acceptors (Lipinski definition) is 1. The third-order valence-corrected chi connectivity index (χ3v) is 2.56. The molecule has 0 unspecified atom stereocenters. The molecule has 1 amide bonds. The smallest absolute Gasteiger partial charge is 0.219 e. The van der Waals surface area contributed by atoms with Crippen molar-refractivity contribution in [3.63, 3.8) is 0 Å². The molecule has 1 rings (SSSR count). The summed E-state index contributed by atoms with van der Waals surface area (Å²) in [7, 11) is 0. The van der Waals surface area contributed by atoms with Crippen LogP contribution in [-0.2, 0) is 4.79 Å². The van der Waals surface area contributed by atoms with Gasteiger partial charge in [-0.1, -0.05) is 18.6 Å². The molecular formula is C12H21NO. The highest BCUT2D eigenvalue weighted by Crippen LogP contribution is 2.05. The SMILES string of the molecule is O=C1CCCC/C=C\CCCCCN1. The van der Waals surface area contributed by atoms with Crippen molar-refractivity contribution in [3.05, 3.63) is 12.2 Å². The van der Waals surface area contributed by atoms with Gasteiger partial charge in [-0.15, -0.1) is 0 Å². The molecule has 0 aromatic heterocycles. The van der Waals surface area contributed by atoms with Crippen molar-refractivity contribution in [1.82, 2.24) is 5.32 Å². The number of carbonyl (C=O) groups is 1. The van der Waals surface area contributed by atoms with Crippen molar-refractivity contribution >= 4 is 5.91 Å².